The summed E-state index contributed by atoms with van der Waals surface area (Å²) in [6, 6.07) is 24.2. The van der Waals surface area contributed by atoms with E-state index in [-0.39, 0.29) is 19.6 Å². The van der Waals surface area contributed by atoms with Crippen LogP contribution in [0.5, 0.6) is 11.5 Å². The quantitative estimate of drug-likeness (QED) is 0.182. The molecule has 4 atom stereocenters. The number of carboxylic acids is 1. The van der Waals surface area contributed by atoms with Crippen molar-refractivity contribution >= 4 is 11.9 Å². The van der Waals surface area contributed by atoms with Crippen LogP contribution < -0.4 is 25.6 Å². The molecule has 2 aromatic heterocycles. The molecule has 5 aromatic rings. The van der Waals surface area contributed by atoms with Crippen LogP contribution in [-0.4, -0.2) is 74.4 Å². The van der Waals surface area contributed by atoms with E-state index in [2.05, 4.69) is 15.1 Å². The summed E-state index contributed by atoms with van der Waals surface area (Å²) in [6.45, 7) is 3.47. The number of carboxylic acid groups (broad SMARTS) is 1. The van der Waals surface area contributed by atoms with Crippen molar-refractivity contribution in [3.8, 4) is 11.5 Å². The Bertz CT molecular complexity index is 2130. The highest BCUT2D eigenvalue weighted by Crippen LogP contribution is 2.54. The fraction of sp³-hybridized carbons (Fsp3) is 0.342. The van der Waals surface area contributed by atoms with Gasteiger partial charge in [-0.25, -0.2) is 4.79 Å². The molecule has 14 nitrogen and oxygen atoms in total. The Morgan fingerprint density at radius 1 is 0.962 bits per heavy atom. The van der Waals surface area contributed by atoms with Gasteiger partial charge in [-0.3, -0.25) is 23.8 Å². The van der Waals surface area contributed by atoms with Crippen molar-refractivity contribution in [2.45, 2.75) is 43.7 Å². The molecule has 2 N–H and O–H groups in total. The van der Waals surface area contributed by atoms with Gasteiger partial charge in [0, 0.05) is 24.7 Å². The number of aromatic nitrogens is 5. The monoisotopic (exact) mass is 708 g/mol. The minimum absolute atomic E-state index is 0.107. The molecule has 7 rings (SSSR count). The minimum Gasteiger partial charge on any atom is -0.497 e. The first-order chi connectivity index (χ1) is 25.0. The van der Waals surface area contributed by atoms with Gasteiger partial charge in [0.1, 0.15) is 28.5 Å². The molecule has 2 aliphatic heterocycles. The van der Waals surface area contributed by atoms with Gasteiger partial charge in [0.05, 0.1) is 39.8 Å². The first-order valence-corrected chi connectivity index (χ1v) is 16.8. The van der Waals surface area contributed by atoms with E-state index in [1.54, 1.807) is 32.9 Å². The lowest BCUT2D eigenvalue weighted by Crippen LogP contribution is -2.51. The van der Waals surface area contributed by atoms with E-state index in [1.165, 1.54) is 10.8 Å². The van der Waals surface area contributed by atoms with Crippen LogP contribution in [0, 0.1) is 19.8 Å². The minimum atomic E-state index is -1.29. The molecular weight excluding hydrogens is 668 g/mol. The number of rotatable bonds is 12. The van der Waals surface area contributed by atoms with Gasteiger partial charge in [-0.15, -0.1) is 5.10 Å². The number of anilines is 1. The number of aromatic amines is 1. The fourth-order valence-electron chi connectivity index (χ4n) is 7.58. The summed E-state index contributed by atoms with van der Waals surface area (Å²) in [7, 11) is 4.98. The van der Waals surface area contributed by atoms with E-state index in [9.17, 15) is 19.5 Å². The van der Waals surface area contributed by atoms with Crippen molar-refractivity contribution < 1.29 is 28.8 Å². The number of aryl methyl sites for hydroxylation is 3. The molecule has 0 saturated carbocycles. The normalized spacial score (nSPS) is 21.0. The van der Waals surface area contributed by atoms with E-state index in [0.717, 1.165) is 16.7 Å². The molecule has 0 aliphatic carbocycles. The Balaban J connectivity index is 1.41. The van der Waals surface area contributed by atoms with Gasteiger partial charge in [0.25, 0.3) is 5.56 Å². The average Bonchev–Trinajstić information content (AvgIpc) is 3.76. The van der Waals surface area contributed by atoms with E-state index in [1.807, 2.05) is 90.7 Å². The standard InChI is InChI=1S/C38H40N6O8/c1-23-20-43(36(48)40-33(23)47)34-32-30(19-31(45)46)37(52-34,21-44(32)35-39-24(2)42(3)41-35)22-51-38(25-9-7-6-8-10-25,26-11-15-28(49-4)16-12-26)27-13-17-29(50-5)18-14-27/h6-18,20,30,32,34H,19,21-22H2,1-5H3,(H,45,46)(H,40,47,48)/t30-,32+,34+,37+/m0/s1. The highest BCUT2D eigenvalue weighted by molar-refractivity contribution is 5.68. The molecule has 4 heterocycles. The van der Waals surface area contributed by atoms with E-state index >= 15 is 0 Å². The van der Waals surface area contributed by atoms with E-state index < -0.39 is 46.6 Å². The summed E-state index contributed by atoms with van der Waals surface area (Å²) in [5, 5.41) is 15.0. The summed E-state index contributed by atoms with van der Waals surface area (Å²) in [6.07, 6.45) is 0.131. The number of methoxy groups -OCH3 is 2. The van der Waals surface area contributed by atoms with Crippen molar-refractivity contribution in [1.82, 2.24) is 24.3 Å². The second-order valence-electron chi connectivity index (χ2n) is 13.3. The number of fused-ring (bicyclic) bond motifs is 2. The number of hydrogen-bond acceptors (Lipinski definition) is 10. The van der Waals surface area contributed by atoms with Crippen molar-refractivity contribution in [1.29, 1.82) is 0 Å². The summed E-state index contributed by atoms with van der Waals surface area (Å²) in [4.78, 5) is 47.4. The lowest BCUT2D eigenvalue weighted by Gasteiger charge is -2.41. The van der Waals surface area contributed by atoms with Gasteiger partial charge in [-0.05, 0) is 54.8 Å². The number of nitrogens with zero attached hydrogens (tertiary/aromatic N) is 5. The number of nitrogens with one attached hydrogen (secondary N) is 1. The predicted molar refractivity (Wildman–Crippen MR) is 190 cm³/mol. The number of aliphatic carboxylic acids is 1. The molecule has 0 amide bonds. The number of hydrogen-bond donors (Lipinski definition) is 2. The SMILES string of the molecule is COc1ccc(C(OC[C@@]23CN(c4nc(C)n(C)n4)[C@@H]([C@H](n4cc(C)c(=O)[nH]c4=O)O2)[C@@H]3CC(=O)O)(c2ccccc2)c2ccc(OC)cc2)cc1. The fourth-order valence-corrected chi connectivity index (χ4v) is 7.58. The lowest BCUT2D eigenvalue weighted by atomic mass is 9.79. The van der Waals surface area contributed by atoms with Crippen LogP contribution >= 0.6 is 0 Å². The van der Waals surface area contributed by atoms with Gasteiger partial charge < -0.3 is 29.0 Å². The third kappa shape index (κ3) is 5.83. The Kier molecular flexibility index (Phi) is 8.97. The van der Waals surface area contributed by atoms with Gasteiger partial charge >= 0.3 is 11.7 Å². The van der Waals surface area contributed by atoms with Gasteiger partial charge in [0.2, 0.25) is 5.95 Å². The second kappa shape index (κ2) is 13.4. The Morgan fingerprint density at radius 3 is 2.10 bits per heavy atom. The van der Waals surface area contributed by atoms with Gasteiger partial charge in [-0.2, -0.15) is 4.98 Å². The predicted octanol–water partition coefficient (Wildman–Crippen LogP) is 3.56. The number of carbonyl (C=O) groups is 1. The summed E-state index contributed by atoms with van der Waals surface area (Å²) in [5.74, 6) is 0.603. The summed E-state index contributed by atoms with van der Waals surface area (Å²) >= 11 is 0. The maximum Gasteiger partial charge on any atom is 0.330 e. The molecule has 14 heteroatoms. The third-order valence-corrected chi connectivity index (χ3v) is 10.3. The van der Waals surface area contributed by atoms with Crippen molar-refractivity contribution in [2.75, 3.05) is 32.3 Å². The molecule has 3 aromatic carbocycles. The summed E-state index contributed by atoms with van der Waals surface area (Å²) < 4.78 is 28.1. The summed E-state index contributed by atoms with van der Waals surface area (Å²) in [5.41, 5.74) is -1.05. The van der Waals surface area contributed by atoms with Gasteiger partial charge in [0.15, 0.2) is 6.23 Å². The van der Waals surface area contributed by atoms with Crippen LogP contribution in [0.4, 0.5) is 5.95 Å². The lowest BCUT2D eigenvalue weighted by molar-refractivity contribution is -0.156. The zero-order chi connectivity index (χ0) is 36.8. The molecule has 270 valence electrons. The number of ether oxygens (including phenoxy) is 4. The first kappa shape index (κ1) is 34.7. The van der Waals surface area contributed by atoms with Crippen LogP contribution in [0.15, 0.2) is 94.6 Å². The highest BCUT2D eigenvalue weighted by Gasteiger charge is 2.66. The Morgan fingerprint density at radius 2 is 1.56 bits per heavy atom. The molecule has 2 aliphatic rings. The van der Waals surface area contributed by atoms with Crippen LogP contribution in [-0.2, 0) is 26.9 Å². The molecule has 52 heavy (non-hydrogen) atoms. The van der Waals surface area contributed by atoms with Gasteiger partial charge in [-0.1, -0.05) is 54.6 Å². The van der Waals surface area contributed by atoms with Crippen LogP contribution in [0.2, 0.25) is 0 Å². The number of morpholine rings is 1. The van der Waals surface area contributed by atoms with Crippen LogP contribution in [0.25, 0.3) is 0 Å². The van der Waals surface area contributed by atoms with Crippen molar-refractivity contribution in [3.05, 3.63) is 134 Å². The average molecular weight is 709 g/mol. The van der Waals surface area contributed by atoms with E-state index in [0.29, 0.717) is 28.8 Å². The largest absolute Gasteiger partial charge is 0.497 e. The zero-order valence-corrected chi connectivity index (χ0v) is 29.5. The van der Waals surface area contributed by atoms with E-state index in [4.69, 9.17) is 18.9 Å². The molecule has 0 spiro atoms. The first-order valence-electron chi connectivity index (χ1n) is 16.8. The van der Waals surface area contributed by atoms with Crippen LogP contribution in [0.1, 0.15) is 40.7 Å². The Hall–Kier alpha value is -5.73. The maximum absolute atomic E-state index is 13.4. The molecule has 2 saturated heterocycles. The second-order valence-corrected chi connectivity index (χ2v) is 13.3. The number of benzene rings is 3. The zero-order valence-electron chi connectivity index (χ0n) is 29.5. The molecular formula is C38H40N6O8. The smallest absolute Gasteiger partial charge is 0.330 e. The molecule has 2 bridgehead atoms. The van der Waals surface area contributed by atoms with Crippen molar-refractivity contribution in [2.24, 2.45) is 13.0 Å². The molecule has 0 radical (unpaired) electrons. The number of H-pyrrole nitrogens is 1. The highest BCUT2D eigenvalue weighted by atomic mass is 16.6. The molecule has 0 unspecified atom stereocenters. The van der Waals surface area contributed by atoms with Crippen molar-refractivity contribution in [3.63, 3.8) is 0 Å². The Labute approximate surface area is 299 Å². The molecule has 2 fully saturated rings. The maximum atomic E-state index is 13.4. The third-order valence-electron chi connectivity index (χ3n) is 10.3. The topological polar surface area (TPSA) is 163 Å². The van der Waals surface area contributed by atoms with Crippen LogP contribution in [0.3, 0.4) is 0 Å².